The predicted octanol–water partition coefficient (Wildman–Crippen LogP) is 2.10. The van der Waals surface area contributed by atoms with Crippen molar-refractivity contribution < 1.29 is 8.42 Å². The molecule has 0 aliphatic heterocycles. The summed E-state index contributed by atoms with van der Waals surface area (Å²) < 4.78 is 22.5. The maximum atomic E-state index is 12.6. The molecule has 0 fully saturated rings. The highest BCUT2D eigenvalue weighted by molar-refractivity contribution is 7.89. The number of para-hydroxylation sites is 1. The van der Waals surface area contributed by atoms with Gasteiger partial charge in [0.2, 0.25) is 10.0 Å². The first kappa shape index (κ1) is 16.2. The molecule has 0 aliphatic carbocycles. The number of pyridine rings is 1. The van der Waals surface area contributed by atoms with Crippen LogP contribution < -0.4 is 15.9 Å². The minimum Gasteiger partial charge on any atom is -0.381 e. The van der Waals surface area contributed by atoms with Crippen molar-refractivity contribution in [1.29, 1.82) is 0 Å². The molecular weight excluding hydrogens is 326 g/mol. The van der Waals surface area contributed by atoms with Crippen LogP contribution in [0.3, 0.4) is 0 Å². The lowest BCUT2D eigenvalue weighted by Crippen LogP contribution is -2.17. The van der Waals surface area contributed by atoms with E-state index in [0.29, 0.717) is 23.2 Å². The second kappa shape index (κ2) is 6.10. The van der Waals surface area contributed by atoms with E-state index in [1.807, 2.05) is 25.1 Å². The Balaban J connectivity index is 1.87. The molecule has 3 aromatic rings. The number of sulfonamides is 1. The van der Waals surface area contributed by atoms with E-state index in [2.05, 4.69) is 10.3 Å². The molecule has 124 valence electrons. The number of hydrogen-bond donors (Lipinski definition) is 3. The second-order valence-corrected chi connectivity index (χ2v) is 7.09. The molecular formula is C17H17N3O3S. The monoisotopic (exact) mass is 343 g/mol. The van der Waals surface area contributed by atoms with Crippen LogP contribution in [-0.4, -0.2) is 13.4 Å². The summed E-state index contributed by atoms with van der Waals surface area (Å²) in [5.41, 5.74) is 2.93. The SMILES string of the molecule is Cc1[nH]c2ccccc2c(=O)c1CNc1ccc(S(N)(=O)=O)cc1. The van der Waals surface area contributed by atoms with Gasteiger partial charge in [-0.1, -0.05) is 12.1 Å². The molecule has 24 heavy (non-hydrogen) atoms. The standard InChI is InChI=1S/C17H17N3O3S/c1-11-15(17(21)14-4-2-3-5-16(14)20-11)10-19-12-6-8-13(9-7-12)24(18,22)23/h2-9,19H,10H2,1H3,(H,20,21)(H2,18,22,23). The van der Waals surface area contributed by atoms with Crippen molar-refractivity contribution in [1.82, 2.24) is 4.98 Å². The molecule has 1 aromatic heterocycles. The third kappa shape index (κ3) is 3.17. The van der Waals surface area contributed by atoms with Crippen molar-refractivity contribution in [2.45, 2.75) is 18.4 Å². The number of primary sulfonamides is 1. The molecule has 7 heteroatoms. The van der Waals surface area contributed by atoms with Crippen LogP contribution in [0.2, 0.25) is 0 Å². The number of fused-ring (bicyclic) bond motifs is 1. The van der Waals surface area contributed by atoms with Crippen molar-refractivity contribution in [2.24, 2.45) is 5.14 Å². The predicted molar refractivity (Wildman–Crippen MR) is 94.4 cm³/mol. The zero-order chi connectivity index (χ0) is 17.3. The number of aromatic nitrogens is 1. The van der Waals surface area contributed by atoms with Crippen LogP contribution in [0.15, 0.2) is 58.2 Å². The summed E-state index contributed by atoms with van der Waals surface area (Å²) in [6.07, 6.45) is 0. The fourth-order valence-corrected chi connectivity index (χ4v) is 3.08. The molecule has 4 N–H and O–H groups in total. The van der Waals surface area contributed by atoms with Gasteiger partial charge < -0.3 is 10.3 Å². The van der Waals surface area contributed by atoms with E-state index in [1.54, 1.807) is 18.2 Å². The van der Waals surface area contributed by atoms with E-state index in [1.165, 1.54) is 12.1 Å². The number of rotatable bonds is 4. The van der Waals surface area contributed by atoms with E-state index >= 15 is 0 Å². The average molecular weight is 343 g/mol. The largest absolute Gasteiger partial charge is 0.381 e. The fraction of sp³-hybridized carbons (Fsp3) is 0.118. The molecule has 2 aromatic carbocycles. The summed E-state index contributed by atoms with van der Waals surface area (Å²) in [5.74, 6) is 0. The number of benzene rings is 2. The molecule has 0 saturated carbocycles. The third-order valence-corrected chi connectivity index (χ3v) is 4.80. The van der Waals surface area contributed by atoms with E-state index in [-0.39, 0.29) is 10.3 Å². The maximum Gasteiger partial charge on any atom is 0.238 e. The number of hydrogen-bond acceptors (Lipinski definition) is 4. The van der Waals surface area contributed by atoms with Crippen LogP contribution in [0.5, 0.6) is 0 Å². The number of nitrogens with one attached hydrogen (secondary N) is 2. The minimum absolute atomic E-state index is 0.0180. The molecule has 0 amide bonds. The Labute approximate surface area is 139 Å². The summed E-state index contributed by atoms with van der Waals surface area (Å²) in [5, 5.41) is 8.84. The van der Waals surface area contributed by atoms with Crippen molar-refractivity contribution in [3.05, 3.63) is 70.0 Å². The fourth-order valence-electron chi connectivity index (χ4n) is 2.57. The summed E-state index contributed by atoms with van der Waals surface area (Å²) in [7, 11) is -3.71. The van der Waals surface area contributed by atoms with E-state index in [9.17, 15) is 13.2 Å². The Kier molecular flexibility index (Phi) is 4.13. The van der Waals surface area contributed by atoms with Gasteiger partial charge in [-0.05, 0) is 43.3 Å². The number of nitrogens with two attached hydrogens (primary N) is 1. The van der Waals surface area contributed by atoms with Crippen LogP contribution in [0, 0.1) is 6.92 Å². The molecule has 0 bridgehead atoms. The number of anilines is 1. The lowest BCUT2D eigenvalue weighted by molar-refractivity contribution is 0.598. The molecule has 0 aliphatic rings. The van der Waals surface area contributed by atoms with Crippen LogP contribution in [0.4, 0.5) is 5.69 Å². The molecule has 0 atom stereocenters. The Morgan fingerprint density at radius 2 is 1.75 bits per heavy atom. The quantitative estimate of drug-likeness (QED) is 0.674. The van der Waals surface area contributed by atoms with Gasteiger partial charge in [0, 0.05) is 34.4 Å². The Bertz CT molecular complexity index is 1050. The van der Waals surface area contributed by atoms with Crippen molar-refractivity contribution in [3.8, 4) is 0 Å². The highest BCUT2D eigenvalue weighted by Crippen LogP contribution is 2.15. The summed E-state index contributed by atoms with van der Waals surface area (Å²) in [4.78, 5) is 15.9. The highest BCUT2D eigenvalue weighted by atomic mass is 32.2. The van der Waals surface area contributed by atoms with E-state index in [4.69, 9.17) is 5.14 Å². The van der Waals surface area contributed by atoms with Gasteiger partial charge in [-0.2, -0.15) is 0 Å². The summed E-state index contributed by atoms with van der Waals surface area (Å²) >= 11 is 0. The Hall–Kier alpha value is -2.64. The van der Waals surface area contributed by atoms with Gasteiger partial charge in [0.1, 0.15) is 0 Å². The van der Waals surface area contributed by atoms with Crippen molar-refractivity contribution in [2.75, 3.05) is 5.32 Å². The van der Waals surface area contributed by atoms with Gasteiger partial charge in [0.05, 0.1) is 4.90 Å². The lowest BCUT2D eigenvalue weighted by Gasteiger charge is -2.10. The molecule has 0 radical (unpaired) electrons. The van der Waals surface area contributed by atoms with Gasteiger partial charge >= 0.3 is 0 Å². The average Bonchev–Trinajstić information content (AvgIpc) is 2.54. The van der Waals surface area contributed by atoms with Crippen LogP contribution in [0.25, 0.3) is 10.9 Å². The van der Waals surface area contributed by atoms with Gasteiger partial charge in [0.25, 0.3) is 0 Å². The normalized spacial score (nSPS) is 11.6. The lowest BCUT2D eigenvalue weighted by atomic mass is 10.1. The van der Waals surface area contributed by atoms with Crippen molar-refractivity contribution >= 4 is 26.6 Å². The topological polar surface area (TPSA) is 105 Å². The summed E-state index contributed by atoms with van der Waals surface area (Å²) in [6, 6.07) is 13.4. The van der Waals surface area contributed by atoms with Crippen LogP contribution in [-0.2, 0) is 16.6 Å². The molecule has 3 rings (SSSR count). The smallest absolute Gasteiger partial charge is 0.238 e. The van der Waals surface area contributed by atoms with Gasteiger partial charge in [0.15, 0.2) is 5.43 Å². The van der Waals surface area contributed by atoms with Crippen molar-refractivity contribution in [3.63, 3.8) is 0 Å². The van der Waals surface area contributed by atoms with Gasteiger partial charge in [-0.15, -0.1) is 0 Å². The number of aryl methyl sites for hydroxylation is 1. The first-order chi connectivity index (χ1) is 11.4. The second-order valence-electron chi connectivity index (χ2n) is 5.53. The highest BCUT2D eigenvalue weighted by Gasteiger charge is 2.10. The molecule has 6 nitrogen and oxygen atoms in total. The molecule has 0 unspecified atom stereocenters. The minimum atomic E-state index is -3.71. The molecule has 1 heterocycles. The van der Waals surface area contributed by atoms with E-state index < -0.39 is 10.0 Å². The van der Waals surface area contributed by atoms with Gasteiger partial charge in [-0.3, -0.25) is 4.79 Å². The molecule has 0 spiro atoms. The number of aromatic amines is 1. The summed E-state index contributed by atoms with van der Waals surface area (Å²) in [6.45, 7) is 2.19. The third-order valence-electron chi connectivity index (χ3n) is 3.87. The van der Waals surface area contributed by atoms with E-state index in [0.717, 1.165) is 11.2 Å². The Morgan fingerprint density at radius 1 is 1.08 bits per heavy atom. The Morgan fingerprint density at radius 3 is 2.42 bits per heavy atom. The van der Waals surface area contributed by atoms with Crippen LogP contribution in [0.1, 0.15) is 11.3 Å². The first-order valence-corrected chi connectivity index (χ1v) is 8.88. The zero-order valence-corrected chi connectivity index (χ0v) is 13.9. The molecule has 0 saturated heterocycles. The van der Waals surface area contributed by atoms with Crippen LogP contribution >= 0.6 is 0 Å². The maximum absolute atomic E-state index is 12.6. The van der Waals surface area contributed by atoms with Gasteiger partial charge in [-0.25, -0.2) is 13.6 Å². The zero-order valence-electron chi connectivity index (χ0n) is 13.0. The first-order valence-electron chi connectivity index (χ1n) is 7.33. The number of H-pyrrole nitrogens is 1.